The van der Waals surface area contributed by atoms with E-state index < -0.39 is 0 Å². The van der Waals surface area contributed by atoms with Crippen molar-refractivity contribution in [3.63, 3.8) is 0 Å². The van der Waals surface area contributed by atoms with Crippen LogP contribution in [0.5, 0.6) is 0 Å². The molecule has 2 amide bonds. The number of carbonyl (C=O) groups is 2. The van der Waals surface area contributed by atoms with Crippen molar-refractivity contribution < 1.29 is 9.59 Å². The van der Waals surface area contributed by atoms with Crippen molar-refractivity contribution in [2.45, 2.75) is 44.3 Å². The highest BCUT2D eigenvalue weighted by molar-refractivity contribution is 7.13. The van der Waals surface area contributed by atoms with Crippen LogP contribution in [0, 0.1) is 5.92 Å². The summed E-state index contributed by atoms with van der Waals surface area (Å²) in [6.45, 7) is 2.68. The van der Waals surface area contributed by atoms with Crippen LogP contribution in [0.15, 0.2) is 24.3 Å². The molecule has 8 nitrogen and oxygen atoms in total. The van der Waals surface area contributed by atoms with Crippen LogP contribution in [0.3, 0.4) is 0 Å². The maximum absolute atomic E-state index is 13.2. The van der Waals surface area contributed by atoms with E-state index in [1.54, 1.807) is 6.07 Å². The molecule has 3 aromatic rings. The van der Waals surface area contributed by atoms with E-state index in [0.717, 1.165) is 61.9 Å². The fourth-order valence-corrected chi connectivity index (χ4v) is 6.46. The quantitative estimate of drug-likeness (QED) is 0.404. The predicted molar refractivity (Wildman–Crippen MR) is 139 cm³/mol. The number of H-pyrrole nitrogens is 1. The van der Waals surface area contributed by atoms with E-state index in [2.05, 4.69) is 37.9 Å². The van der Waals surface area contributed by atoms with Crippen molar-refractivity contribution in [3.05, 3.63) is 50.6 Å². The Kier molecular flexibility index (Phi) is 7.11. The number of thiazole rings is 1. The zero-order chi connectivity index (χ0) is 24.5. The first-order chi connectivity index (χ1) is 16.9. The lowest BCUT2D eigenvalue weighted by Gasteiger charge is -2.36. The van der Waals surface area contributed by atoms with Crippen LogP contribution >= 0.6 is 22.9 Å². The van der Waals surface area contributed by atoms with Gasteiger partial charge in [0.15, 0.2) is 5.01 Å². The zero-order valence-corrected chi connectivity index (χ0v) is 21.6. The van der Waals surface area contributed by atoms with E-state index >= 15 is 0 Å². The van der Waals surface area contributed by atoms with Crippen molar-refractivity contribution in [1.82, 2.24) is 30.8 Å². The number of hydrogen-bond acceptors (Lipinski definition) is 6. The van der Waals surface area contributed by atoms with Crippen LogP contribution in [-0.2, 0) is 13.0 Å². The van der Waals surface area contributed by atoms with Crippen molar-refractivity contribution in [2.24, 2.45) is 5.92 Å². The van der Waals surface area contributed by atoms with Crippen LogP contribution in [0.2, 0.25) is 5.02 Å². The number of benzene rings is 1. The maximum atomic E-state index is 13.2. The molecule has 10 heteroatoms. The van der Waals surface area contributed by atoms with Crippen LogP contribution in [-0.4, -0.2) is 66.0 Å². The smallest absolute Gasteiger partial charge is 0.280 e. The molecule has 3 atom stereocenters. The molecule has 2 aromatic heterocycles. The minimum atomic E-state index is -0.179. The monoisotopic (exact) mass is 514 g/mol. The number of hydrogen-bond donors (Lipinski definition) is 4. The van der Waals surface area contributed by atoms with Gasteiger partial charge in [-0.15, -0.1) is 11.3 Å². The number of aromatic nitrogens is 2. The van der Waals surface area contributed by atoms with Gasteiger partial charge in [0.1, 0.15) is 5.69 Å². The van der Waals surface area contributed by atoms with E-state index in [9.17, 15) is 9.59 Å². The van der Waals surface area contributed by atoms with Gasteiger partial charge in [-0.2, -0.15) is 0 Å². The van der Waals surface area contributed by atoms with Crippen LogP contribution < -0.4 is 16.0 Å². The molecule has 1 aliphatic heterocycles. The molecule has 1 fully saturated rings. The van der Waals surface area contributed by atoms with Gasteiger partial charge in [-0.05, 0) is 70.1 Å². The molecule has 0 spiro atoms. The van der Waals surface area contributed by atoms with E-state index in [4.69, 9.17) is 11.6 Å². The summed E-state index contributed by atoms with van der Waals surface area (Å²) in [6.07, 6.45) is 3.46. The molecule has 0 bridgehead atoms. The molecule has 0 radical (unpaired) electrons. The summed E-state index contributed by atoms with van der Waals surface area (Å²) < 4.78 is 0. The summed E-state index contributed by atoms with van der Waals surface area (Å²) in [6, 6.07) is 6.99. The van der Waals surface area contributed by atoms with Gasteiger partial charge in [-0.3, -0.25) is 9.59 Å². The average Bonchev–Trinajstić information content (AvgIpc) is 3.44. The summed E-state index contributed by atoms with van der Waals surface area (Å²) >= 11 is 7.58. The summed E-state index contributed by atoms with van der Waals surface area (Å²) in [4.78, 5) is 37.6. The van der Waals surface area contributed by atoms with E-state index in [-0.39, 0.29) is 23.9 Å². The normalized spacial score (nSPS) is 22.7. The SMILES string of the molecule is CNC[C@H]1CC[C@H](NC(=O)c2cc3cc(Cl)ccc3[nH]2)[C@H](NC(=O)c2nc3c(s2)CN(C)CC3)C1. The van der Waals surface area contributed by atoms with Crippen molar-refractivity contribution >= 4 is 45.7 Å². The molecule has 1 saturated carbocycles. The number of amides is 2. The Labute approximate surface area is 213 Å². The van der Waals surface area contributed by atoms with E-state index in [1.165, 1.54) is 16.2 Å². The lowest BCUT2D eigenvalue weighted by Crippen LogP contribution is -2.55. The molecule has 2 aliphatic rings. The third kappa shape index (κ3) is 5.38. The maximum Gasteiger partial charge on any atom is 0.280 e. The average molecular weight is 515 g/mol. The number of nitrogens with one attached hydrogen (secondary N) is 4. The van der Waals surface area contributed by atoms with E-state index in [1.807, 2.05) is 25.2 Å². The first-order valence-corrected chi connectivity index (χ1v) is 13.3. The minimum Gasteiger partial charge on any atom is -0.351 e. The Morgan fingerprint density at radius 2 is 2.03 bits per heavy atom. The predicted octanol–water partition coefficient (Wildman–Crippen LogP) is 3.18. The minimum absolute atomic E-state index is 0.151. The van der Waals surface area contributed by atoms with Gasteiger partial charge in [0.2, 0.25) is 0 Å². The van der Waals surface area contributed by atoms with Gasteiger partial charge < -0.3 is 25.8 Å². The van der Waals surface area contributed by atoms with Crippen LogP contribution in [0.25, 0.3) is 10.9 Å². The second-order valence-electron chi connectivity index (χ2n) is 9.69. The number of likely N-dealkylation sites (N-methyl/N-ethyl adjacent to an activating group) is 1. The highest BCUT2D eigenvalue weighted by Crippen LogP contribution is 2.28. The summed E-state index contributed by atoms with van der Waals surface area (Å²) in [7, 11) is 4.03. The van der Waals surface area contributed by atoms with E-state index in [0.29, 0.717) is 21.6 Å². The van der Waals surface area contributed by atoms with Crippen LogP contribution in [0.4, 0.5) is 0 Å². The number of aromatic amines is 1. The van der Waals surface area contributed by atoms with Gasteiger partial charge in [0.05, 0.1) is 5.69 Å². The Hall–Kier alpha value is -2.46. The lowest BCUT2D eigenvalue weighted by molar-refractivity contribution is 0.0842. The molecular weight excluding hydrogens is 484 g/mol. The Balaban J connectivity index is 1.31. The number of fused-ring (bicyclic) bond motifs is 2. The third-order valence-corrected chi connectivity index (χ3v) is 8.34. The number of halogens is 1. The fourth-order valence-electron chi connectivity index (χ4n) is 5.19. The molecule has 1 aliphatic carbocycles. The van der Waals surface area contributed by atoms with Gasteiger partial charge in [0, 0.05) is 52.4 Å². The largest absolute Gasteiger partial charge is 0.351 e. The fraction of sp³-hybridized carbons (Fsp3) is 0.480. The molecule has 5 rings (SSSR count). The molecule has 0 saturated heterocycles. The molecule has 1 aromatic carbocycles. The Bertz CT molecular complexity index is 1240. The third-order valence-electron chi connectivity index (χ3n) is 7.03. The Morgan fingerprint density at radius 1 is 1.20 bits per heavy atom. The molecule has 35 heavy (non-hydrogen) atoms. The number of rotatable bonds is 6. The molecule has 4 N–H and O–H groups in total. The standard InChI is InChI=1S/C25H31ClN6O2S/c1-27-12-14-3-5-18(29-23(33)21-11-15-10-16(26)4-6-17(15)28-21)20(9-14)30-24(34)25-31-19-7-8-32(2)13-22(19)35-25/h4,6,10-11,14,18,20,27-28H,3,5,7-9,12-13H2,1-2H3,(H,29,33)(H,30,34)/t14-,18-,20+/m0/s1. The van der Waals surface area contributed by atoms with Gasteiger partial charge in [0.25, 0.3) is 11.8 Å². The molecule has 186 valence electrons. The first kappa shape index (κ1) is 24.2. The van der Waals surface area contributed by atoms with Crippen LogP contribution in [0.1, 0.15) is 50.1 Å². The first-order valence-electron chi connectivity index (χ1n) is 12.1. The highest BCUT2D eigenvalue weighted by atomic mass is 35.5. The number of nitrogens with zero attached hydrogens (tertiary/aromatic N) is 2. The second kappa shape index (κ2) is 10.3. The molecule has 3 heterocycles. The topological polar surface area (TPSA) is 102 Å². The Morgan fingerprint density at radius 3 is 2.86 bits per heavy atom. The highest BCUT2D eigenvalue weighted by Gasteiger charge is 2.34. The lowest BCUT2D eigenvalue weighted by atomic mass is 9.82. The van der Waals surface area contributed by atoms with Crippen molar-refractivity contribution in [1.29, 1.82) is 0 Å². The van der Waals surface area contributed by atoms with Gasteiger partial charge in [-0.1, -0.05) is 11.6 Å². The summed E-state index contributed by atoms with van der Waals surface area (Å²) in [5.41, 5.74) is 2.39. The van der Waals surface area contributed by atoms with Crippen molar-refractivity contribution in [2.75, 3.05) is 27.2 Å². The second-order valence-corrected chi connectivity index (χ2v) is 11.2. The van der Waals surface area contributed by atoms with Gasteiger partial charge in [-0.25, -0.2) is 4.98 Å². The molecule has 0 unspecified atom stereocenters. The van der Waals surface area contributed by atoms with Gasteiger partial charge >= 0.3 is 0 Å². The zero-order valence-electron chi connectivity index (χ0n) is 20.0. The summed E-state index contributed by atoms with van der Waals surface area (Å²) in [5.74, 6) is 0.106. The number of carbonyl (C=O) groups excluding carboxylic acids is 2. The summed E-state index contributed by atoms with van der Waals surface area (Å²) in [5, 5.41) is 11.7. The van der Waals surface area contributed by atoms with Crippen molar-refractivity contribution in [3.8, 4) is 0 Å². The molecular formula is C25H31ClN6O2S.